The van der Waals surface area contributed by atoms with E-state index < -0.39 is 4.92 Å². The van der Waals surface area contributed by atoms with Gasteiger partial charge in [0.1, 0.15) is 5.69 Å². The van der Waals surface area contributed by atoms with Crippen LogP contribution in [0.3, 0.4) is 0 Å². The largest absolute Gasteiger partial charge is 0.361 e. The van der Waals surface area contributed by atoms with Crippen LogP contribution < -0.4 is 9.80 Å². The maximum Gasteiger partial charge on any atom is 0.294 e. The molecule has 2 amide bonds. The van der Waals surface area contributed by atoms with Crippen molar-refractivity contribution in [3.63, 3.8) is 0 Å². The lowest BCUT2D eigenvalue weighted by Crippen LogP contribution is -2.31. The smallest absolute Gasteiger partial charge is 0.294 e. The number of anilines is 2. The van der Waals surface area contributed by atoms with E-state index in [0.29, 0.717) is 37.5 Å². The summed E-state index contributed by atoms with van der Waals surface area (Å²) in [5.41, 5.74) is 2.83. The molecule has 3 aromatic carbocycles. The molecule has 2 aliphatic rings. The molecule has 190 valence electrons. The quantitative estimate of drug-likeness (QED) is 0.224. The van der Waals surface area contributed by atoms with Crippen LogP contribution in [0.4, 0.5) is 17.1 Å². The fraction of sp³-hybridized carbons (Fsp3) is 0.333. The second-order valence-electron chi connectivity index (χ2n) is 10.2. The minimum absolute atomic E-state index is 0.106. The number of hydrogen-bond donors (Lipinski definition) is 0. The van der Waals surface area contributed by atoms with Crippen molar-refractivity contribution in [3.8, 4) is 0 Å². The third kappa shape index (κ3) is 5.12. The Labute approximate surface area is 216 Å². The highest BCUT2D eigenvalue weighted by Crippen LogP contribution is 2.43. The summed E-state index contributed by atoms with van der Waals surface area (Å²) in [6.45, 7) is 3.17. The minimum atomic E-state index is -0.417. The monoisotopic (exact) mass is 497 g/mol. The molecule has 1 heterocycles. The van der Waals surface area contributed by atoms with Gasteiger partial charge in [0, 0.05) is 19.2 Å². The molecule has 5 rings (SSSR count). The molecule has 3 aromatic rings. The number of fused-ring (bicyclic) bond motifs is 1. The lowest BCUT2D eigenvalue weighted by Gasteiger charge is -2.26. The Morgan fingerprint density at radius 3 is 2.22 bits per heavy atom. The Morgan fingerprint density at radius 1 is 0.892 bits per heavy atom. The van der Waals surface area contributed by atoms with Crippen LogP contribution in [0.15, 0.2) is 78.9 Å². The van der Waals surface area contributed by atoms with Crippen molar-refractivity contribution < 1.29 is 14.5 Å². The first-order valence-corrected chi connectivity index (χ1v) is 12.9. The van der Waals surface area contributed by atoms with Gasteiger partial charge < -0.3 is 4.90 Å². The Hall–Kier alpha value is -4.00. The number of amides is 2. The average molecular weight is 498 g/mol. The van der Waals surface area contributed by atoms with Crippen molar-refractivity contribution in [2.45, 2.75) is 39.2 Å². The molecule has 37 heavy (non-hydrogen) atoms. The topological polar surface area (TPSA) is 83.8 Å². The van der Waals surface area contributed by atoms with Crippen molar-refractivity contribution in [1.82, 2.24) is 0 Å². The molecule has 1 saturated heterocycles. The first-order valence-electron chi connectivity index (χ1n) is 12.9. The van der Waals surface area contributed by atoms with Crippen LogP contribution in [0.25, 0.3) is 0 Å². The van der Waals surface area contributed by atoms with E-state index in [0.717, 1.165) is 24.0 Å². The lowest BCUT2D eigenvalue weighted by molar-refractivity contribution is -0.384. The fourth-order valence-corrected chi connectivity index (χ4v) is 5.71. The molecule has 1 saturated carbocycles. The Morgan fingerprint density at radius 2 is 1.54 bits per heavy atom. The van der Waals surface area contributed by atoms with Gasteiger partial charge in [-0.05, 0) is 54.9 Å². The molecular weight excluding hydrogens is 466 g/mol. The second-order valence-corrected chi connectivity index (χ2v) is 10.2. The van der Waals surface area contributed by atoms with Gasteiger partial charge in [0.15, 0.2) is 0 Å². The van der Waals surface area contributed by atoms with Crippen LogP contribution in [0, 0.1) is 27.9 Å². The molecule has 3 unspecified atom stereocenters. The van der Waals surface area contributed by atoms with E-state index in [1.54, 1.807) is 12.1 Å². The van der Waals surface area contributed by atoms with E-state index in [4.69, 9.17) is 0 Å². The van der Waals surface area contributed by atoms with Crippen molar-refractivity contribution in [2.24, 2.45) is 17.8 Å². The van der Waals surface area contributed by atoms with Crippen LogP contribution >= 0.6 is 0 Å². The molecule has 0 spiro atoms. The van der Waals surface area contributed by atoms with Gasteiger partial charge in [-0.25, -0.2) is 4.90 Å². The number of nitro benzene ring substituents is 1. The number of rotatable bonds is 8. The summed E-state index contributed by atoms with van der Waals surface area (Å²) < 4.78 is 0. The number of hydrogen-bond acceptors (Lipinski definition) is 5. The number of imide groups is 1. The van der Waals surface area contributed by atoms with Gasteiger partial charge >= 0.3 is 0 Å². The summed E-state index contributed by atoms with van der Waals surface area (Å²) >= 11 is 0. The van der Waals surface area contributed by atoms with E-state index in [1.807, 2.05) is 65.6 Å². The number of carbonyl (C=O) groups excluding carboxylic acids is 2. The van der Waals surface area contributed by atoms with Gasteiger partial charge in [-0.1, -0.05) is 67.6 Å². The highest BCUT2D eigenvalue weighted by Gasteiger charge is 2.50. The molecule has 7 heteroatoms. The van der Waals surface area contributed by atoms with Crippen LogP contribution in [-0.2, 0) is 22.6 Å². The van der Waals surface area contributed by atoms with E-state index >= 15 is 0 Å². The number of carbonyl (C=O) groups is 2. The first-order chi connectivity index (χ1) is 17.9. The van der Waals surface area contributed by atoms with Gasteiger partial charge in [0.2, 0.25) is 11.8 Å². The number of nitrogens with zero attached hydrogens (tertiary/aromatic N) is 3. The van der Waals surface area contributed by atoms with Gasteiger partial charge in [0.25, 0.3) is 5.69 Å². The number of benzene rings is 3. The third-order valence-corrected chi connectivity index (χ3v) is 7.67. The Kier molecular flexibility index (Phi) is 7.04. The predicted molar refractivity (Wildman–Crippen MR) is 143 cm³/mol. The lowest BCUT2D eigenvalue weighted by atomic mass is 9.76. The molecule has 7 nitrogen and oxygen atoms in total. The van der Waals surface area contributed by atoms with E-state index in [1.165, 1.54) is 11.0 Å². The SMILES string of the molecule is CC1CCC2C(=O)N(c3ccc(N(CCc4ccccc4)Cc4ccccc4)c([N+](=O)[O-])c3)C(=O)C2C1. The third-order valence-electron chi connectivity index (χ3n) is 7.67. The maximum absolute atomic E-state index is 13.2. The maximum atomic E-state index is 13.2. The second kappa shape index (κ2) is 10.5. The molecule has 0 aromatic heterocycles. The summed E-state index contributed by atoms with van der Waals surface area (Å²) in [7, 11) is 0. The Balaban J connectivity index is 1.47. The van der Waals surface area contributed by atoms with E-state index in [2.05, 4.69) is 6.92 Å². The summed E-state index contributed by atoms with van der Waals surface area (Å²) in [4.78, 5) is 41.4. The van der Waals surface area contributed by atoms with Crippen molar-refractivity contribution in [1.29, 1.82) is 0 Å². The van der Waals surface area contributed by atoms with Gasteiger partial charge in [-0.3, -0.25) is 19.7 Å². The normalized spacial score (nSPS) is 21.1. The van der Waals surface area contributed by atoms with Crippen molar-refractivity contribution >= 4 is 28.9 Å². The van der Waals surface area contributed by atoms with Crippen molar-refractivity contribution in [2.75, 3.05) is 16.3 Å². The zero-order chi connectivity index (χ0) is 25.9. The summed E-state index contributed by atoms with van der Waals surface area (Å²) in [5, 5.41) is 12.3. The fourth-order valence-electron chi connectivity index (χ4n) is 5.71. The van der Waals surface area contributed by atoms with Crippen LogP contribution in [-0.4, -0.2) is 23.3 Å². The van der Waals surface area contributed by atoms with Gasteiger partial charge in [-0.15, -0.1) is 0 Å². The zero-order valence-electron chi connectivity index (χ0n) is 21.0. The summed E-state index contributed by atoms with van der Waals surface area (Å²) in [6, 6.07) is 24.6. The van der Waals surface area contributed by atoms with Crippen LogP contribution in [0.5, 0.6) is 0 Å². The summed E-state index contributed by atoms with van der Waals surface area (Å²) in [6.07, 6.45) is 3.02. The van der Waals surface area contributed by atoms with E-state index in [9.17, 15) is 19.7 Å². The molecule has 0 N–H and O–H groups in total. The highest BCUT2D eigenvalue weighted by molar-refractivity contribution is 6.22. The van der Waals surface area contributed by atoms with Crippen molar-refractivity contribution in [3.05, 3.63) is 100 Å². The molecule has 2 fully saturated rings. The summed E-state index contributed by atoms with van der Waals surface area (Å²) in [5.74, 6) is -0.702. The standard InChI is InChI=1S/C30H31N3O4/c1-21-12-14-25-26(18-21)30(35)32(29(25)34)24-13-15-27(28(19-24)33(36)37)31(20-23-10-6-3-7-11-23)17-16-22-8-4-2-5-9-22/h2-11,13,15,19,21,25-26H,12,14,16-18,20H2,1H3. The van der Waals surface area contributed by atoms with Crippen LogP contribution in [0.1, 0.15) is 37.3 Å². The zero-order valence-corrected chi connectivity index (χ0v) is 21.0. The van der Waals surface area contributed by atoms with E-state index in [-0.39, 0.29) is 35.0 Å². The average Bonchev–Trinajstić information content (AvgIpc) is 3.16. The highest BCUT2D eigenvalue weighted by atomic mass is 16.6. The number of nitro groups is 1. The molecular formula is C30H31N3O4. The Bertz CT molecular complexity index is 1290. The molecule has 1 aliphatic carbocycles. The molecule has 3 atom stereocenters. The minimum Gasteiger partial charge on any atom is -0.361 e. The van der Waals surface area contributed by atoms with Gasteiger partial charge in [0.05, 0.1) is 22.4 Å². The molecule has 0 radical (unpaired) electrons. The molecule has 1 aliphatic heterocycles. The first kappa shape index (κ1) is 24.7. The predicted octanol–water partition coefficient (Wildman–Crippen LogP) is 5.77. The van der Waals surface area contributed by atoms with Gasteiger partial charge in [-0.2, -0.15) is 0 Å². The van der Waals surface area contributed by atoms with Crippen LogP contribution in [0.2, 0.25) is 0 Å². The molecule has 0 bridgehead atoms.